The van der Waals surface area contributed by atoms with Gasteiger partial charge in [0.1, 0.15) is 29.9 Å². The maximum atomic E-state index is 13.1. The summed E-state index contributed by atoms with van der Waals surface area (Å²) in [6.45, 7) is 9.23. The first-order valence-electron chi connectivity index (χ1n) is 10.8. The maximum absolute atomic E-state index is 13.1. The van der Waals surface area contributed by atoms with E-state index in [1.54, 1.807) is 0 Å². The Labute approximate surface area is 178 Å². The Balaban J connectivity index is 2.13. The standard InChI is InChI=1S/C20H38N2O6S/c1-5-8-12-9-13(22(6-2)10-12)19(27)21-14(11(4)23)18-16(25)15(24)17(26)20(28-18)29-7-3/h11-18,20,23-26H,5-10H2,1-4H3,(H,21,27). The minimum absolute atomic E-state index is 0.201. The molecule has 1 amide bonds. The highest BCUT2D eigenvalue weighted by molar-refractivity contribution is 7.99. The van der Waals surface area contributed by atoms with Gasteiger partial charge >= 0.3 is 0 Å². The van der Waals surface area contributed by atoms with Crippen molar-refractivity contribution in [1.29, 1.82) is 0 Å². The summed E-state index contributed by atoms with van der Waals surface area (Å²) in [5, 5.41) is 44.1. The molecule has 0 radical (unpaired) electrons. The van der Waals surface area contributed by atoms with Crippen molar-refractivity contribution in [3.8, 4) is 0 Å². The summed E-state index contributed by atoms with van der Waals surface area (Å²) in [6, 6.07) is -1.18. The number of nitrogens with one attached hydrogen (secondary N) is 1. The van der Waals surface area contributed by atoms with Crippen molar-refractivity contribution < 1.29 is 30.0 Å². The number of hydrogen-bond donors (Lipinski definition) is 5. The molecule has 2 heterocycles. The van der Waals surface area contributed by atoms with Crippen LogP contribution in [0.15, 0.2) is 0 Å². The van der Waals surface area contributed by atoms with Crippen LogP contribution >= 0.6 is 11.8 Å². The van der Waals surface area contributed by atoms with Crippen LogP contribution in [0.2, 0.25) is 0 Å². The second-order valence-electron chi connectivity index (χ2n) is 8.16. The number of hydrogen-bond acceptors (Lipinski definition) is 8. The fourth-order valence-corrected chi connectivity index (χ4v) is 5.34. The third-order valence-corrected chi connectivity index (χ3v) is 7.07. The summed E-state index contributed by atoms with van der Waals surface area (Å²) in [4.78, 5) is 15.2. The highest BCUT2D eigenvalue weighted by Crippen LogP contribution is 2.31. The van der Waals surface area contributed by atoms with Crippen LogP contribution < -0.4 is 5.32 Å². The van der Waals surface area contributed by atoms with E-state index < -0.39 is 42.0 Å². The molecule has 2 aliphatic rings. The van der Waals surface area contributed by atoms with Gasteiger partial charge in [-0.15, -0.1) is 11.8 Å². The summed E-state index contributed by atoms with van der Waals surface area (Å²) in [5.41, 5.74) is -0.742. The first kappa shape index (κ1) is 24.8. The molecule has 8 nitrogen and oxygen atoms in total. The van der Waals surface area contributed by atoms with E-state index in [-0.39, 0.29) is 11.9 Å². The molecule has 9 atom stereocenters. The topological polar surface area (TPSA) is 122 Å². The van der Waals surface area contributed by atoms with E-state index in [2.05, 4.69) is 17.1 Å². The summed E-state index contributed by atoms with van der Waals surface area (Å²) < 4.78 is 5.84. The van der Waals surface area contributed by atoms with Crippen LogP contribution in [-0.2, 0) is 9.53 Å². The number of thioether (sulfide) groups is 1. The predicted octanol–water partition coefficient (Wildman–Crippen LogP) is -0.0768. The number of nitrogens with zero attached hydrogens (tertiary/aromatic N) is 1. The van der Waals surface area contributed by atoms with Gasteiger partial charge in [0.15, 0.2) is 0 Å². The Bertz CT molecular complexity index is 525. The quantitative estimate of drug-likeness (QED) is 0.342. The zero-order valence-electron chi connectivity index (χ0n) is 17.9. The van der Waals surface area contributed by atoms with Crippen LogP contribution in [0, 0.1) is 5.92 Å². The van der Waals surface area contributed by atoms with Crippen molar-refractivity contribution in [2.45, 2.75) is 95.0 Å². The molecule has 2 fully saturated rings. The van der Waals surface area contributed by atoms with Gasteiger partial charge in [0.25, 0.3) is 0 Å². The summed E-state index contributed by atoms with van der Waals surface area (Å²) in [6.07, 6.45) is -3.18. The van der Waals surface area contributed by atoms with Gasteiger partial charge in [0, 0.05) is 6.54 Å². The molecule has 0 saturated carbocycles. The number of rotatable bonds is 9. The number of likely N-dealkylation sites (tertiary alicyclic amines) is 1. The lowest BCUT2D eigenvalue weighted by molar-refractivity contribution is -0.211. The van der Waals surface area contributed by atoms with Gasteiger partial charge in [-0.05, 0) is 38.0 Å². The van der Waals surface area contributed by atoms with E-state index in [4.69, 9.17) is 4.74 Å². The van der Waals surface area contributed by atoms with E-state index in [1.165, 1.54) is 18.7 Å². The number of likely N-dealkylation sites (N-methyl/N-ethyl adjacent to an activating group) is 1. The number of carbonyl (C=O) groups excluding carboxylic acids is 1. The van der Waals surface area contributed by atoms with Crippen LogP contribution in [0.1, 0.15) is 47.0 Å². The fourth-order valence-electron chi connectivity index (χ4n) is 4.45. The molecule has 0 spiro atoms. The normalized spacial score (nSPS) is 38.0. The molecule has 2 rings (SSSR count). The van der Waals surface area contributed by atoms with Gasteiger partial charge in [-0.1, -0.05) is 27.2 Å². The number of carbonyl (C=O) groups is 1. The second kappa shape index (κ2) is 11.3. The Morgan fingerprint density at radius 1 is 1.21 bits per heavy atom. The van der Waals surface area contributed by atoms with Gasteiger partial charge < -0.3 is 30.5 Å². The van der Waals surface area contributed by atoms with Gasteiger partial charge in [0.05, 0.1) is 18.2 Å². The van der Waals surface area contributed by atoms with Crippen LogP contribution in [-0.4, -0.2) is 98.1 Å². The highest BCUT2D eigenvalue weighted by Gasteiger charge is 2.48. The van der Waals surface area contributed by atoms with Crippen LogP contribution in [0.25, 0.3) is 0 Å². The molecule has 2 aliphatic heterocycles. The molecular formula is C20H38N2O6S. The maximum Gasteiger partial charge on any atom is 0.237 e. The van der Waals surface area contributed by atoms with Gasteiger partial charge in [-0.2, -0.15) is 0 Å². The van der Waals surface area contributed by atoms with Gasteiger partial charge in [0.2, 0.25) is 5.91 Å². The Hall–Kier alpha value is -0.420. The number of aliphatic hydroxyl groups is 4. The Kier molecular flexibility index (Phi) is 9.66. The van der Waals surface area contributed by atoms with E-state index in [0.717, 1.165) is 32.4 Å². The zero-order valence-corrected chi connectivity index (χ0v) is 18.7. The van der Waals surface area contributed by atoms with Crippen molar-refractivity contribution in [1.82, 2.24) is 10.2 Å². The molecule has 9 heteroatoms. The molecule has 9 unspecified atom stereocenters. The molecule has 0 aromatic carbocycles. The van der Waals surface area contributed by atoms with E-state index >= 15 is 0 Å². The average molecular weight is 435 g/mol. The minimum Gasteiger partial charge on any atom is -0.391 e. The molecule has 0 bridgehead atoms. The molecule has 0 aromatic heterocycles. The van der Waals surface area contributed by atoms with E-state index in [9.17, 15) is 25.2 Å². The number of amides is 1. The minimum atomic E-state index is -1.42. The van der Waals surface area contributed by atoms with Crippen LogP contribution in [0.5, 0.6) is 0 Å². The Morgan fingerprint density at radius 2 is 1.90 bits per heavy atom. The molecule has 0 aromatic rings. The monoisotopic (exact) mass is 434 g/mol. The van der Waals surface area contributed by atoms with Crippen molar-refractivity contribution in [3.63, 3.8) is 0 Å². The molecule has 170 valence electrons. The van der Waals surface area contributed by atoms with Crippen LogP contribution in [0.3, 0.4) is 0 Å². The summed E-state index contributed by atoms with van der Waals surface area (Å²) in [5.74, 6) is 0.918. The van der Waals surface area contributed by atoms with Crippen LogP contribution in [0.4, 0.5) is 0 Å². The molecule has 2 saturated heterocycles. The SMILES string of the molecule is CCCC1CC(C(=O)NC(C(C)O)C2OC(SCC)C(O)C(O)C2O)N(CC)C1. The summed E-state index contributed by atoms with van der Waals surface area (Å²) in [7, 11) is 0. The lowest BCUT2D eigenvalue weighted by atomic mass is 9.92. The number of ether oxygens (including phenoxy) is 1. The van der Waals surface area contributed by atoms with Crippen molar-refractivity contribution in [3.05, 3.63) is 0 Å². The smallest absolute Gasteiger partial charge is 0.237 e. The third kappa shape index (κ3) is 5.84. The lowest BCUT2D eigenvalue weighted by Crippen LogP contribution is -2.65. The van der Waals surface area contributed by atoms with Crippen molar-refractivity contribution in [2.75, 3.05) is 18.8 Å². The Morgan fingerprint density at radius 3 is 2.45 bits per heavy atom. The molecule has 29 heavy (non-hydrogen) atoms. The first-order chi connectivity index (χ1) is 13.7. The second-order valence-corrected chi connectivity index (χ2v) is 9.54. The third-order valence-electron chi connectivity index (χ3n) is 6.02. The van der Waals surface area contributed by atoms with E-state index in [0.29, 0.717) is 11.7 Å². The average Bonchev–Trinajstić information content (AvgIpc) is 3.10. The molecule has 5 N–H and O–H groups in total. The molecular weight excluding hydrogens is 396 g/mol. The lowest BCUT2D eigenvalue weighted by Gasteiger charge is -2.44. The number of aliphatic hydroxyl groups excluding tert-OH is 4. The summed E-state index contributed by atoms with van der Waals surface area (Å²) >= 11 is 1.31. The predicted molar refractivity (Wildman–Crippen MR) is 112 cm³/mol. The largest absolute Gasteiger partial charge is 0.391 e. The van der Waals surface area contributed by atoms with Crippen molar-refractivity contribution >= 4 is 17.7 Å². The first-order valence-corrected chi connectivity index (χ1v) is 11.8. The fraction of sp³-hybridized carbons (Fsp3) is 0.950. The molecule has 0 aliphatic carbocycles. The van der Waals surface area contributed by atoms with E-state index in [1.807, 2.05) is 13.8 Å². The van der Waals surface area contributed by atoms with Gasteiger partial charge in [-0.3, -0.25) is 9.69 Å². The van der Waals surface area contributed by atoms with Crippen molar-refractivity contribution in [2.24, 2.45) is 5.92 Å². The van der Waals surface area contributed by atoms with Gasteiger partial charge in [-0.25, -0.2) is 0 Å². The zero-order chi connectivity index (χ0) is 21.7. The highest BCUT2D eigenvalue weighted by atomic mass is 32.2.